The fraction of sp³-hybridized carbons (Fsp3) is 0.400. The molecule has 1 rings (SSSR count). The third-order valence-electron chi connectivity index (χ3n) is 2.23. The lowest BCUT2D eigenvalue weighted by molar-refractivity contribution is -0.144. The second kappa shape index (κ2) is 4.40. The Bertz CT molecular complexity index is 383. The van der Waals surface area contributed by atoms with Crippen molar-refractivity contribution in [2.24, 2.45) is 0 Å². The molecular weight excluding hydrogens is 270 g/mol. The molecule has 0 aliphatic rings. The zero-order valence-corrected chi connectivity index (χ0v) is 9.26. The lowest BCUT2D eigenvalue weighted by Gasteiger charge is -2.17. The zero-order chi connectivity index (χ0) is 13.4. The Balaban J connectivity index is 3.53. The Morgan fingerprint density at radius 3 is 1.53 bits per heavy atom. The third kappa shape index (κ3) is 3.06. The fourth-order valence-electron chi connectivity index (χ4n) is 1.44. The molecule has 96 valence electrons. The van der Waals surface area contributed by atoms with Crippen molar-refractivity contribution in [3.8, 4) is 0 Å². The van der Waals surface area contributed by atoms with Gasteiger partial charge in [-0.05, 0) is 30.2 Å². The highest BCUT2D eigenvalue weighted by molar-refractivity contribution is 6.17. The average molecular weight is 277 g/mol. The highest BCUT2D eigenvalue weighted by Crippen LogP contribution is 2.39. The molecule has 0 atom stereocenters. The van der Waals surface area contributed by atoms with Crippen molar-refractivity contribution in [2.45, 2.75) is 25.2 Å². The minimum absolute atomic E-state index is 0.211. The Hall–Kier alpha value is -0.910. The molecule has 0 N–H and O–H groups in total. The second-order valence-electron chi connectivity index (χ2n) is 3.45. The van der Waals surface area contributed by atoms with Gasteiger partial charge in [0.1, 0.15) is 0 Å². The first-order chi connectivity index (χ1) is 7.57. The van der Waals surface area contributed by atoms with Crippen molar-refractivity contribution in [2.75, 3.05) is 0 Å². The summed E-state index contributed by atoms with van der Waals surface area (Å²) >= 11 is 5.29. The van der Waals surface area contributed by atoms with Gasteiger partial charge in [-0.15, -0.1) is 11.6 Å². The van der Waals surface area contributed by atoms with Crippen molar-refractivity contribution in [3.05, 3.63) is 34.4 Å². The third-order valence-corrected chi connectivity index (χ3v) is 2.54. The van der Waals surface area contributed by atoms with E-state index >= 15 is 0 Å². The first-order valence-corrected chi connectivity index (χ1v) is 4.94. The summed E-state index contributed by atoms with van der Waals surface area (Å²) in [4.78, 5) is 0. The molecule has 0 aliphatic carbocycles. The van der Waals surface area contributed by atoms with Gasteiger partial charge in [0.25, 0.3) is 0 Å². The largest absolute Gasteiger partial charge is 0.416 e. The summed E-state index contributed by atoms with van der Waals surface area (Å²) < 4.78 is 75.1. The molecular formula is C10H7ClF6. The molecule has 0 spiro atoms. The van der Waals surface area contributed by atoms with Gasteiger partial charge in [0, 0.05) is 5.88 Å². The molecule has 7 heteroatoms. The summed E-state index contributed by atoms with van der Waals surface area (Å²) in [7, 11) is 0. The molecule has 0 fully saturated rings. The van der Waals surface area contributed by atoms with Crippen LogP contribution >= 0.6 is 11.6 Å². The van der Waals surface area contributed by atoms with Crippen molar-refractivity contribution < 1.29 is 26.3 Å². The molecule has 1 aromatic carbocycles. The van der Waals surface area contributed by atoms with Crippen LogP contribution in [0.4, 0.5) is 26.3 Å². The van der Waals surface area contributed by atoms with Crippen LogP contribution in [0.25, 0.3) is 0 Å². The van der Waals surface area contributed by atoms with Crippen LogP contribution in [0.3, 0.4) is 0 Å². The molecule has 0 nitrogen and oxygen atoms in total. The summed E-state index contributed by atoms with van der Waals surface area (Å²) in [5.74, 6) is -0.410. The molecule has 0 bridgehead atoms. The second-order valence-corrected chi connectivity index (χ2v) is 3.71. The van der Waals surface area contributed by atoms with E-state index in [9.17, 15) is 26.3 Å². The predicted molar refractivity (Wildman–Crippen MR) is 50.7 cm³/mol. The Morgan fingerprint density at radius 1 is 0.941 bits per heavy atom. The van der Waals surface area contributed by atoms with E-state index in [-0.39, 0.29) is 5.56 Å². The van der Waals surface area contributed by atoms with E-state index in [1.54, 1.807) is 0 Å². The molecule has 0 heterocycles. The summed E-state index contributed by atoms with van der Waals surface area (Å²) in [6.45, 7) is 0.795. The summed E-state index contributed by atoms with van der Waals surface area (Å²) in [5, 5.41) is 0. The van der Waals surface area contributed by atoms with E-state index in [0.717, 1.165) is 6.92 Å². The molecule has 0 saturated heterocycles. The summed E-state index contributed by atoms with van der Waals surface area (Å²) in [5.41, 5.74) is -3.65. The number of benzene rings is 1. The van der Waals surface area contributed by atoms with Crippen molar-refractivity contribution in [3.63, 3.8) is 0 Å². The lowest BCUT2D eigenvalue weighted by Crippen LogP contribution is -2.15. The maximum Gasteiger partial charge on any atom is 0.416 e. The number of alkyl halides is 7. The van der Waals surface area contributed by atoms with E-state index in [1.165, 1.54) is 0 Å². The molecule has 0 unspecified atom stereocenters. The van der Waals surface area contributed by atoms with E-state index in [1.807, 2.05) is 0 Å². The van der Waals surface area contributed by atoms with E-state index in [2.05, 4.69) is 0 Å². The van der Waals surface area contributed by atoms with Crippen LogP contribution in [0.2, 0.25) is 0 Å². The normalized spacial score (nSPS) is 12.9. The van der Waals surface area contributed by atoms with Crippen LogP contribution in [0.15, 0.2) is 12.1 Å². The minimum Gasteiger partial charge on any atom is -0.166 e. The lowest BCUT2D eigenvalue weighted by atomic mass is 9.98. The summed E-state index contributed by atoms with van der Waals surface area (Å²) in [6, 6.07) is 1.27. The predicted octanol–water partition coefficient (Wildman–Crippen LogP) is 4.77. The first-order valence-electron chi connectivity index (χ1n) is 4.41. The van der Waals surface area contributed by atoms with Crippen LogP contribution in [0.1, 0.15) is 22.3 Å². The maximum absolute atomic E-state index is 12.5. The molecule has 0 saturated carbocycles. The van der Waals surface area contributed by atoms with Crippen molar-refractivity contribution in [1.82, 2.24) is 0 Å². The van der Waals surface area contributed by atoms with Gasteiger partial charge in [0.05, 0.1) is 11.1 Å². The Labute approximate surface area is 98.2 Å². The molecule has 0 aliphatic heterocycles. The molecule has 0 radical (unpaired) electrons. The monoisotopic (exact) mass is 276 g/mol. The van der Waals surface area contributed by atoms with E-state index < -0.39 is 34.9 Å². The minimum atomic E-state index is -4.83. The smallest absolute Gasteiger partial charge is 0.166 e. The number of hydrogen-bond acceptors (Lipinski definition) is 0. The van der Waals surface area contributed by atoms with Crippen LogP contribution in [0, 0.1) is 6.92 Å². The quantitative estimate of drug-likeness (QED) is 0.512. The highest BCUT2D eigenvalue weighted by Gasteiger charge is 2.39. The Kier molecular flexibility index (Phi) is 3.66. The first kappa shape index (κ1) is 14.2. The van der Waals surface area contributed by atoms with Crippen LogP contribution in [-0.2, 0) is 18.2 Å². The molecule has 17 heavy (non-hydrogen) atoms. The van der Waals surface area contributed by atoms with Crippen LogP contribution in [0.5, 0.6) is 0 Å². The van der Waals surface area contributed by atoms with Crippen molar-refractivity contribution >= 4 is 11.6 Å². The van der Waals surface area contributed by atoms with Gasteiger partial charge in [-0.2, -0.15) is 26.3 Å². The van der Waals surface area contributed by atoms with Gasteiger partial charge < -0.3 is 0 Å². The van der Waals surface area contributed by atoms with Gasteiger partial charge >= 0.3 is 12.4 Å². The topological polar surface area (TPSA) is 0 Å². The van der Waals surface area contributed by atoms with Crippen LogP contribution < -0.4 is 0 Å². The zero-order valence-electron chi connectivity index (χ0n) is 8.51. The highest BCUT2D eigenvalue weighted by atomic mass is 35.5. The number of hydrogen-bond donors (Lipinski definition) is 0. The van der Waals surface area contributed by atoms with Crippen LogP contribution in [-0.4, -0.2) is 0 Å². The summed E-state index contributed by atoms with van der Waals surface area (Å²) in [6.07, 6.45) is -9.65. The maximum atomic E-state index is 12.5. The molecule has 0 amide bonds. The van der Waals surface area contributed by atoms with Gasteiger partial charge in [0.15, 0.2) is 0 Å². The Morgan fingerprint density at radius 2 is 1.29 bits per heavy atom. The molecule has 1 aromatic rings. The van der Waals surface area contributed by atoms with Crippen molar-refractivity contribution in [1.29, 1.82) is 0 Å². The van der Waals surface area contributed by atoms with Gasteiger partial charge in [-0.1, -0.05) is 0 Å². The van der Waals surface area contributed by atoms with E-state index in [0.29, 0.717) is 12.1 Å². The van der Waals surface area contributed by atoms with Gasteiger partial charge in [-0.3, -0.25) is 0 Å². The number of halogens is 7. The fourth-order valence-corrected chi connectivity index (χ4v) is 1.59. The number of rotatable bonds is 1. The SMILES string of the molecule is Cc1c(C(F)(F)F)cc(CCl)cc1C(F)(F)F. The van der Waals surface area contributed by atoms with Gasteiger partial charge in [-0.25, -0.2) is 0 Å². The van der Waals surface area contributed by atoms with Gasteiger partial charge in [0.2, 0.25) is 0 Å². The van der Waals surface area contributed by atoms with E-state index in [4.69, 9.17) is 11.6 Å². The standard InChI is InChI=1S/C10H7ClF6/c1-5-7(9(12,13)14)2-6(4-11)3-8(5)10(15,16)17/h2-3H,4H2,1H3. The average Bonchev–Trinajstić information content (AvgIpc) is 2.14. The molecule has 0 aromatic heterocycles.